The summed E-state index contributed by atoms with van der Waals surface area (Å²) in [6, 6.07) is 7.53. The van der Waals surface area contributed by atoms with Crippen LogP contribution in [-0.2, 0) is 6.54 Å². The van der Waals surface area contributed by atoms with Crippen LogP contribution in [0.2, 0.25) is 5.15 Å². The highest BCUT2D eigenvalue weighted by Gasteiger charge is 2.19. The van der Waals surface area contributed by atoms with Crippen molar-refractivity contribution < 1.29 is 14.6 Å². The largest absolute Gasteiger partial charge is 0.497 e. The highest BCUT2D eigenvalue weighted by Crippen LogP contribution is 2.28. The van der Waals surface area contributed by atoms with Crippen LogP contribution in [0.15, 0.2) is 30.5 Å². The van der Waals surface area contributed by atoms with E-state index in [4.69, 9.17) is 27.2 Å². The lowest BCUT2D eigenvalue weighted by Gasteiger charge is -2.03. The maximum absolute atomic E-state index is 11.2. The number of benzene rings is 1. The summed E-state index contributed by atoms with van der Waals surface area (Å²) >= 11 is 5.87. The molecule has 0 unspecified atom stereocenters. The van der Waals surface area contributed by atoms with Crippen molar-refractivity contribution in [2.45, 2.75) is 6.54 Å². The summed E-state index contributed by atoms with van der Waals surface area (Å²) in [5, 5.41) is 13.7. The van der Waals surface area contributed by atoms with E-state index in [0.29, 0.717) is 17.6 Å². The predicted octanol–water partition coefficient (Wildman–Crippen LogP) is 2.42. The number of rotatable bonds is 4. The molecule has 0 aliphatic rings. The summed E-state index contributed by atoms with van der Waals surface area (Å²) < 4.78 is 6.75. The monoisotopic (exact) mass is 332 g/mol. The fourth-order valence-corrected chi connectivity index (χ4v) is 2.54. The van der Waals surface area contributed by atoms with Crippen LogP contribution in [0.3, 0.4) is 0 Å². The van der Waals surface area contributed by atoms with Crippen molar-refractivity contribution in [3.63, 3.8) is 0 Å². The van der Waals surface area contributed by atoms with Gasteiger partial charge >= 0.3 is 5.97 Å². The SMILES string of the molecule is COc1ccc(Cn2cc3c(N)c(C(=O)O)c(Cl)nc3n2)cc1. The number of carbonyl (C=O) groups is 1. The number of hydrogen-bond donors (Lipinski definition) is 2. The molecular formula is C15H13ClN4O3. The topological polar surface area (TPSA) is 103 Å². The van der Waals surface area contributed by atoms with Crippen molar-refractivity contribution in [1.29, 1.82) is 0 Å². The number of nitrogens with two attached hydrogens (primary N) is 1. The van der Waals surface area contributed by atoms with Crippen molar-refractivity contribution >= 4 is 34.3 Å². The molecule has 0 aliphatic heterocycles. The van der Waals surface area contributed by atoms with Gasteiger partial charge in [-0.3, -0.25) is 4.68 Å². The summed E-state index contributed by atoms with van der Waals surface area (Å²) in [5.74, 6) is -0.451. The Morgan fingerprint density at radius 3 is 2.70 bits per heavy atom. The van der Waals surface area contributed by atoms with Gasteiger partial charge in [-0.15, -0.1) is 0 Å². The zero-order valence-electron chi connectivity index (χ0n) is 12.2. The van der Waals surface area contributed by atoms with Crippen molar-refractivity contribution in [1.82, 2.24) is 14.8 Å². The fourth-order valence-electron chi connectivity index (χ4n) is 2.28. The number of fused-ring (bicyclic) bond motifs is 1. The zero-order chi connectivity index (χ0) is 16.6. The number of carboxylic acids is 1. The summed E-state index contributed by atoms with van der Waals surface area (Å²) in [7, 11) is 1.60. The first kappa shape index (κ1) is 15.1. The van der Waals surface area contributed by atoms with Gasteiger partial charge in [0, 0.05) is 6.20 Å². The molecule has 0 spiro atoms. The first-order chi connectivity index (χ1) is 11.0. The van der Waals surface area contributed by atoms with Crippen LogP contribution in [0.5, 0.6) is 5.75 Å². The van der Waals surface area contributed by atoms with E-state index in [-0.39, 0.29) is 16.4 Å². The summed E-state index contributed by atoms with van der Waals surface area (Å²) in [6.07, 6.45) is 1.66. The molecule has 0 saturated carbocycles. The number of ether oxygens (including phenoxy) is 1. The molecule has 3 rings (SSSR count). The molecule has 0 radical (unpaired) electrons. The first-order valence-electron chi connectivity index (χ1n) is 6.68. The molecule has 0 aliphatic carbocycles. The Morgan fingerprint density at radius 1 is 1.39 bits per heavy atom. The third-order valence-corrected chi connectivity index (χ3v) is 3.70. The lowest BCUT2D eigenvalue weighted by molar-refractivity contribution is 0.0698. The number of nitrogens with zero attached hydrogens (tertiary/aromatic N) is 3. The third-order valence-electron chi connectivity index (χ3n) is 3.43. The molecule has 3 aromatic rings. The minimum Gasteiger partial charge on any atom is -0.497 e. The van der Waals surface area contributed by atoms with E-state index in [1.54, 1.807) is 18.0 Å². The van der Waals surface area contributed by atoms with Gasteiger partial charge in [0.15, 0.2) is 5.65 Å². The number of methoxy groups -OCH3 is 1. The Bertz CT molecular complexity index is 890. The van der Waals surface area contributed by atoms with E-state index < -0.39 is 5.97 Å². The van der Waals surface area contributed by atoms with E-state index in [2.05, 4.69) is 10.1 Å². The molecule has 0 amide bonds. The number of aromatic nitrogens is 3. The van der Waals surface area contributed by atoms with Crippen molar-refractivity contribution in [3.8, 4) is 5.75 Å². The second-order valence-corrected chi connectivity index (χ2v) is 5.27. The summed E-state index contributed by atoms with van der Waals surface area (Å²) in [6.45, 7) is 0.486. The van der Waals surface area contributed by atoms with Gasteiger partial charge in [-0.1, -0.05) is 23.7 Å². The van der Waals surface area contributed by atoms with Gasteiger partial charge in [-0.05, 0) is 17.7 Å². The number of pyridine rings is 1. The zero-order valence-corrected chi connectivity index (χ0v) is 12.9. The number of aromatic carboxylic acids is 1. The average molecular weight is 333 g/mol. The van der Waals surface area contributed by atoms with Crippen LogP contribution in [-0.4, -0.2) is 33.0 Å². The molecule has 23 heavy (non-hydrogen) atoms. The van der Waals surface area contributed by atoms with E-state index in [1.165, 1.54) is 0 Å². The van der Waals surface area contributed by atoms with Gasteiger partial charge < -0.3 is 15.6 Å². The third kappa shape index (κ3) is 2.78. The maximum Gasteiger partial charge on any atom is 0.340 e. The smallest absolute Gasteiger partial charge is 0.340 e. The summed E-state index contributed by atoms with van der Waals surface area (Å²) in [4.78, 5) is 15.2. The molecule has 8 heteroatoms. The van der Waals surface area contributed by atoms with Crippen LogP contribution in [0, 0.1) is 0 Å². The van der Waals surface area contributed by atoms with Gasteiger partial charge in [-0.25, -0.2) is 9.78 Å². The lowest BCUT2D eigenvalue weighted by atomic mass is 10.2. The molecule has 118 valence electrons. The van der Waals surface area contributed by atoms with Gasteiger partial charge in [0.05, 0.1) is 24.7 Å². The Kier molecular flexibility index (Phi) is 3.79. The fraction of sp³-hybridized carbons (Fsp3) is 0.133. The predicted molar refractivity (Wildman–Crippen MR) is 86.0 cm³/mol. The van der Waals surface area contributed by atoms with Crippen molar-refractivity contribution in [2.24, 2.45) is 0 Å². The Balaban J connectivity index is 1.99. The minimum absolute atomic E-state index is 0.0634. The second-order valence-electron chi connectivity index (χ2n) is 4.91. The lowest BCUT2D eigenvalue weighted by Crippen LogP contribution is -2.05. The molecule has 0 saturated heterocycles. The number of carboxylic acid groups (broad SMARTS) is 1. The minimum atomic E-state index is -1.22. The Morgan fingerprint density at radius 2 is 2.09 bits per heavy atom. The highest BCUT2D eigenvalue weighted by molar-refractivity contribution is 6.34. The van der Waals surface area contributed by atoms with Crippen LogP contribution in [0.4, 0.5) is 5.69 Å². The molecule has 0 fully saturated rings. The van der Waals surface area contributed by atoms with Crippen LogP contribution in [0.25, 0.3) is 11.0 Å². The number of anilines is 1. The Labute approximate surface area is 136 Å². The van der Waals surface area contributed by atoms with Crippen LogP contribution in [0.1, 0.15) is 15.9 Å². The van der Waals surface area contributed by atoms with E-state index in [0.717, 1.165) is 11.3 Å². The van der Waals surface area contributed by atoms with Gasteiger partial charge in [0.25, 0.3) is 0 Å². The molecule has 3 N–H and O–H groups in total. The van der Waals surface area contributed by atoms with E-state index >= 15 is 0 Å². The first-order valence-corrected chi connectivity index (χ1v) is 7.05. The number of halogens is 1. The van der Waals surface area contributed by atoms with Crippen molar-refractivity contribution in [3.05, 3.63) is 46.7 Å². The van der Waals surface area contributed by atoms with Crippen molar-refractivity contribution in [2.75, 3.05) is 12.8 Å². The normalized spacial score (nSPS) is 10.9. The quantitative estimate of drug-likeness (QED) is 0.711. The van der Waals surface area contributed by atoms with Crippen LogP contribution >= 0.6 is 11.6 Å². The molecule has 2 heterocycles. The number of hydrogen-bond acceptors (Lipinski definition) is 5. The standard InChI is InChI=1S/C15H13ClN4O3/c1-23-9-4-2-8(3-5-9)6-20-7-10-12(17)11(15(21)22)13(16)18-14(10)19-20/h2-5,7H,6,17H2,1H3,(H,21,22). The molecule has 7 nitrogen and oxygen atoms in total. The van der Waals surface area contributed by atoms with Gasteiger partial charge in [-0.2, -0.15) is 5.10 Å². The molecule has 0 bridgehead atoms. The maximum atomic E-state index is 11.2. The summed E-state index contributed by atoms with van der Waals surface area (Å²) in [5.41, 5.74) is 7.06. The molecule has 1 aromatic carbocycles. The van der Waals surface area contributed by atoms with Crippen LogP contribution < -0.4 is 10.5 Å². The highest BCUT2D eigenvalue weighted by atomic mass is 35.5. The Hall–Kier alpha value is -2.80. The molecule has 2 aromatic heterocycles. The van der Waals surface area contributed by atoms with Gasteiger partial charge in [0.1, 0.15) is 16.5 Å². The molecule has 0 atom stereocenters. The second kappa shape index (κ2) is 5.77. The van der Waals surface area contributed by atoms with Gasteiger partial charge in [0.2, 0.25) is 0 Å². The van der Waals surface area contributed by atoms with E-state index in [9.17, 15) is 4.79 Å². The van der Waals surface area contributed by atoms with E-state index in [1.807, 2.05) is 24.3 Å². The molecular weight excluding hydrogens is 320 g/mol. The number of nitrogen functional groups attached to an aromatic ring is 1. The average Bonchev–Trinajstić information content (AvgIpc) is 2.90.